The number of anilines is 1. The Balaban J connectivity index is 0.906. The van der Waals surface area contributed by atoms with Crippen LogP contribution in [-0.4, -0.2) is 119 Å². The number of imidazole rings is 1. The maximum atomic E-state index is 13.7. The molecule has 7 N–H and O–H groups in total. The van der Waals surface area contributed by atoms with Crippen molar-refractivity contribution in [2.75, 3.05) is 31.5 Å². The third-order valence-corrected chi connectivity index (χ3v) is 11.9. The summed E-state index contributed by atoms with van der Waals surface area (Å²) < 4.78 is 7.41. The van der Waals surface area contributed by atoms with Crippen molar-refractivity contribution in [1.29, 1.82) is 0 Å². The maximum Gasteiger partial charge on any atom is 0.410 e. The molecule has 0 bridgehead atoms. The topological polar surface area (TPSA) is 281 Å². The van der Waals surface area contributed by atoms with E-state index < -0.39 is 36.0 Å². The molecule has 21 heteroatoms. The lowest BCUT2D eigenvalue weighted by atomic mass is 10.0. The van der Waals surface area contributed by atoms with Crippen LogP contribution < -0.4 is 27.0 Å². The Morgan fingerprint density at radius 2 is 1.70 bits per heavy atom. The van der Waals surface area contributed by atoms with E-state index in [1.54, 1.807) is 47.5 Å². The summed E-state index contributed by atoms with van der Waals surface area (Å²) in [5, 5.41) is 15.1. The number of nitrogens with two attached hydrogens (primary N) is 1. The number of ether oxygens (including phenoxy) is 1. The van der Waals surface area contributed by atoms with Gasteiger partial charge in [-0.05, 0) is 86.9 Å². The number of aromatic amines is 1. The van der Waals surface area contributed by atoms with Crippen LogP contribution >= 0.6 is 0 Å². The van der Waals surface area contributed by atoms with Crippen LogP contribution in [0.3, 0.4) is 0 Å². The maximum absolute atomic E-state index is 13.7. The fourth-order valence-electron chi connectivity index (χ4n) is 8.13. The van der Waals surface area contributed by atoms with E-state index in [-0.39, 0.29) is 62.1 Å². The number of carbonyl (C=O) groups excluding carboxylic acids is 7. The van der Waals surface area contributed by atoms with Gasteiger partial charge in [0.1, 0.15) is 30.8 Å². The van der Waals surface area contributed by atoms with Gasteiger partial charge in [-0.1, -0.05) is 38.5 Å². The number of fused-ring (bicyclic) bond motifs is 1. The number of likely N-dealkylation sites (tertiary alicyclic amines) is 1. The summed E-state index contributed by atoms with van der Waals surface area (Å²) in [7, 11) is 0. The second-order valence-corrected chi connectivity index (χ2v) is 17.4. The Bertz CT molecular complexity index is 2700. The van der Waals surface area contributed by atoms with E-state index in [1.807, 2.05) is 43.5 Å². The highest BCUT2D eigenvalue weighted by molar-refractivity contribution is 6.12. The van der Waals surface area contributed by atoms with Gasteiger partial charge in [0, 0.05) is 73.8 Å². The van der Waals surface area contributed by atoms with Gasteiger partial charge in [0.05, 0.1) is 17.1 Å². The number of unbranched alkanes of at least 4 members (excludes halogenated alkanes) is 2. The van der Waals surface area contributed by atoms with Crippen LogP contribution in [0.4, 0.5) is 15.3 Å². The monoisotopic (exact) mass is 943 g/mol. The van der Waals surface area contributed by atoms with Crippen molar-refractivity contribution >= 4 is 53.0 Å². The number of aromatic nitrogens is 6. The first-order chi connectivity index (χ1) is 33.2. The Morgan fingerprint density at radius 3 is 2.43 bits per heavy atom. The molecule has 2 aliphatic heterocycles. The Labute approximate surface area is 398 Å². The van der Waals surface area contributed by atoms with Crippen molar-refractivity contribution in [3.05, 3.63) is 96.4 Å². The van der Waals surface area contributed by atoms with Gasteiger partial charge in [-0.2, -0.15) is 5.10 Å². The fraction of sp³-hybridized carbons (Fsp3) is 0.396. The number of aryl methyl sites for hydroxylation is 1. The number of H-pyrrole nitrogens is 1. The van der Waals surface area contributed by atoms with Crippen molar-refractivity contribution in [1.82, 2.24) is 55.3 Å². The van der Waals surface area contributed by atoms with Crippen molar-refractivity contribution in [3.63, 3.8) is 0 Å². The van der Waals surface area contributed by atoms with Crippen molar-refractivity contribution in [3.8, 4) is 22.6 Å². The third-order valence-electron chi connectivity index (χ3n) is 11.9. The van der Waals surface area contributed by atoms with Gasteiger partial charge in [0.25, 0.3) is 11.8 Å². The molecular weight excluding hydrogens is 887 g/mol. The van der Waals surface area contributed by atoms with Gasteiger partial charge >= 0.3 is 12.1 Å². The lowest BCUT2D eigenvalue weighted by molar-refractivity contribution is -0.137. The number of hydrogen-bond acceptors (Lipinski definition) is 12. The molecule has 3 atom stereocenters. The molecule has 362 valence electrons. The lowest BCUT2D eigenvalue weighted by Gasteiger charge is -2.25. The molecule has 21 nitrogen and oxygen atoms in total. The fourth-order valence-corrected chi connectivity index (χ4v) is 8.13. The van der Waals surface area contributed by atoms with E-state index >= 15 is 0 Å². The number of hydrogen-bond donors (Lipinski definition) is 6. The molecule has 7 rings (SSSR count). The highest BCUT2D eigenvalue weighted by atomic mass is 16.6. The molecular formula is C48H57N13O8. The molecule has 1 fully saturated rings. The zero-order valence-electron chi connectivity index (χ0n) is 38.8. The van der Waals surface area contributed by atoms with Gasteiger partial charge in [-0.15, -0.1) is 0 Å². The number of benzene rings is 1. The number of rotatable bonds is 21. The minimum atomic E-state index is -1.04. The summed E-state index contributed by atoms with van der Waals surface area (Å²) in [4.78, 5) is 109. The normalized spacial score (nSPS) is 15.4. The number of imide groups is 1. The van der Waals surface area contributed by atoms with Crippen LogP contribution in [0.5, 0.6) is 0 Å². The summed E-state index contributed by atoms with van der Waals surface area (Å²) >= 11 is 0. The molecule has 69 heavy (non-hydrogen) atoms. The molecule has 0 spiro atoms. The minimum absolute atomic E-state index is 0.0146. The summed E-state index contributed by atoms with van der Waals surface area (Å²) in [6, 6.07) is 13.7. The zero-order valence-corrected chi connectivity index (χ0v) is 38.8. The first kappa shape index (κ1) is 48.9. The Kier molecular flexibility index (Phi) is 16.1. The summed E-state index contributed by atoms with van der Waals surface area (Å²) in [6.45, 7) is 6.76. The van der Waals surface area contributed by atoms with E-state index in [2.05, 4.69) is 36.3 Å². The van der Waals surface area contributed by atoms with Gasteiger partial charge in [0.2, 0.25) is 17.7 Å². The average Bonchev–Trinajstić information content (AvgIpc) is 4.16. The van der Waals surface area contributed by atoms with Gasteiger partial charge in [0.15, 0.2) is 5.65 Å². The number of amides is 8. The second-order valence-electron chi connectivity index (χ2n) is 17.4. The Hall–Kier alpha value is -7.97. The molecule has 8 amide bonds. The Morgan fingerprint density at radius 1 is 0.913 bits per heavy atom. The molecule has 0 saturated carbocycles. The summed E-state index contributed by atoms with van der Waals surface area (Å²) in [5.41, 5.74) is 11.0. The molecule has 4 aromatic heterocycles. The molecule has 2 unspecified atom stereocenters. The molecule has 0 aliphatic carbocycles. The zero-order chi connectivity index (χ0) is 49.0. The summed E-state index contributed by atoms with van der Waals surface area (Å²) in [5.74, 6) is -1.80. The summed E-state index contributed by atoms with van der Waals surface area (Å²) in [6.07, 6.45) is 8.21. The standard InChI is InChI=1S/C48H57N13O8/c1-29(2)41(56-38(62)12-5-4-6-23-60-39(63)19-20-40(60)64)46(66)55-36(11-8-22-50-47(49)67)45(65)54-34-16-13-31(14-17-34)27-69-48(68)59-24-21-33(25-59)44-57-42(32-15-18-37-51-28-52-61(37)26-32)43(58-44)35-10-7-9-30(3)53-35/h7,9-10,13-20,26,28-29,33,36,41H,4-6,8,11-12,21-25,27H2,1-3H3,(H,54,65)(H,55,66)(H,56,62)(H,57,58)(H3,49,50,67)/t33?,36?,41-/m0/s1. The number of primary amides is 1. The van der Waals surface area contributed by atoms with Crippen LogP contribution in [0, 0.1) is 12.8 Å². The number of pyridine rings is 2. The molecule has 1 saturated heterocycles. The van der Waals surface area contributed by atoms with E-state index in [4.69, 9.17) is 20.4 Å². The first-order valence-corrected chi connectivity index (χ1v) is 23.0. The number of nitrogens with one attached hydrogen (secondary N) is 5. The molecule has 1 aromatic carbocycles. The number of urea groups is 1. The average molecular weight is 944 g/mol. The van der Waals surface area contributed by atoms with E-state index in [0.717, 1.165) is 33.4 Å². The van der Waals surface area contributed by atoms with Crippen LogP contribution in [0.15, 0.2) is 79.3 Å². The lowest BCUT2D eigenvalue weighted by Crippen LogP contribution is -2.54. The highest BCUT2D eigenvalue weighted by Crippen LogP contribution is 2.34. The van der Waals surface area contributed by atoms with E-state index in [9.17, 15) is 33.6 Å². The highest BCUT2D eigenvalue weighted by Gasteiger charge is 2.32. The van der Waals surface area contributed by atoms with Crippen LogP contribution in [0.2, 0.25) is 0 Å². The van der Waals surface area contributed by atoms with Gasteiger partial charge in [-0.3, -0.25) is 33.9 Å². The second kappa shape index (κ2) is 22.7. The number of carbonyl (C=O) groups is 7. The van der Waals surface area contributed by atoms with E-state index in [0.29, 0.717) is 67.8 Å². The largest absolute Gasteiger partial charge is 0.445 e. The molecule has 5 aromatic rings. The predicted octanol–water partition coefficient (Wildman–Crippen LogP) is 4.11. The molecule has 2 aliphatic rings. The SMILES string of the molecule is Cc1cccc(-c2[nH]c(C3CCN(C(=O)OCc4ccc(NC(=O)C(CCCNC(N)=O)NC(=O)[C@@H](NC(=O)CCCCCN5C(=O)C=CC5=O)C(C)C)cc4)C3)nc2-c2ccc3ncnn3c2)n1. The van der Waals surface area contributed by atoms with Crippen molar-refractivity contribution in [2.45, 2.75) is 90.3 Å². The van der Waals surface area contributed by atoms with Crippen LogP contribution in [-0.2, 0) is 35.3 Å². The number of nitrogens with zero attached hydrogens (tertiary/aromatic N) is 7. The van der Waals surface area contributed by atoms with Crippen molar-refractivity contribution < 1.29 is 38.3 Å². The minimum Gasteiger partial charge on any atom is -0.445 e. The first-order valence-electron chi connectivity index (χ1n) is 23.0. The van der Waals surface area contributed by atoms with Gasteiger partial charge in [-0.25, -0.2) is 24.1 Å². The van der Waals surface area contributed by atoms with Crippen LogP contribution in [0.25, 0.3) is 28.3 Å². The van der Waals surface area contributed by atoms with Crippen molar-refractivity contribution in [2.24, 2.45) is 11.7 Å². The predicted molar refractivity (Wildman–Crippen MR) is 253 cm³/mol. The smallest absolute Gasteiger partial charge is 0.410 e. The van der Waals surface area contributed by atoms with Crippen LogP contribution in [0.1, 0.15) is 81.8 Å². The van der Waals surface area contributed by atoms with E-state index in [1.165, 1.54) is 18.5 Å². The third kappa shape index (κ3) is 12.9. The molecule has 6 heterocycles. The quantitative estimate of drug-likeness (QED) is 0.0448. The van der Waals surface area contributed by atoms with Gasteiger partial charge < -0.3 is 41.6 Å². The molecule has 0 radical (unpaired) electrons.